The van der Waals surface area contributed by atoms with E-state index < -0.39 is 0 Å². The standard InChI is InChI=1S/C10H11NO2/c1-13-8-3-4-9-7(6-8)2-5-10(9)11-12/h3-4,6,12H,2,5H2,1H3/b11-10+. The molecule has 1 aromatic rings. The molecule has 1 aliphatic rings. The lowest BCUT2D eigenvalue weighted by molar-refractivity contribution is 0.318. The Morgan fingerprint density at radius 2 is 2.23 bits per heavy atom. The molecule has 0 unspecified atom stereocenters. The van der Waals surface area contributed by atoms with Gasteiger partial charge in [-0.05, 0) is 36.6 Å². The van der Waals surface area contributed by atoms with Crippen LogP contribution in [-0.4, -0.2) is 18.0 Å². The van der Waals surface area contributed by atoms with Crippen molar-refractivity contribution in [1.82, 2.24) is 0 Å². The van der Waals surface area contributed by atoms with Gasteiger partial charge in [0, 0.05) is 5.56 Å². The van der Waals surface area contributed by atoms with Crippen molar-refractivity contribution in [2.45, 2.75) is 12.8 Å². The Morgan fingerprint density at radius 1 is 1.38 bits per heavy atom. The molecular formula is C10H11NO2. The van der Waals surface area contributed by atoms with Crippen LogP contribution >= 0.6 is 0 Å². The maximum atomic E-state index is 8.70. The maximum absolute atomic E-state index is 8.70. The fraction of sp³-hybridized carbons (Fsp3) is 0.300. The Kier molecular flexibility index (Phi) is 1.93. The molecule has 0 amide bonds. The van der Waals surface area contributed by atoms with Gasteiger partial charge in [0.25, 0.3) is 0 Å². The van der Waals surface area contributed by atoms with Gasteiger partial charge in [-0.15, -0.1) is 0 Å². The summed E-state index contributed by atoms with van der Waals surface area (Å²) in [5.41, 5.74) is 3.02. The molecule has 13 heavy (non-hydrogen) atoms. The zero-order valence-corrected chi connectivity index (χ0v) is 7.45. The number of benzene rings is 1. The molecule has 0 bridgehead atoms. The van der Waals surface area contributed by atoms with Crippen LogP contribution in [0.2, 0.25) is 0 Å². The predicted molar refractivity (Wildman–Crippen MR) is 49.6 cm³/mol. The highest BCUT2D eigenvalue weighted by Crippen LogP contribution is 2.26. The number of nitrogens with zero attached hydrogens (tertiary/aromatic N) is 1. The van der Waals surface area contributed by atoms with E-state index in [1.54, 1.807) is 7.11 Å². The molecule has 1 N–H and O–H groups in total. The van der Waals surface area contributed by atoms with Crippen molar-refractivity contribution in [3.05, 3.63) is 29.3 Å². The van der Waals surface area contributed by atoms with E-state index in [0.717, 1.165) is 29.9 Å². The molecule has 0 radical (unpaired) electrons. The quantitative estimate of drug-likeness (QED) is 0.525. The number of hydrogen-bond donors (Lipinski definition) is 1. The predicted octanol–water partition coefficient (Wildman–Crippen LogP) is 1.82. The molecule has 1 aromatic carbocycles. The van der Waals surface area contributed by atoms with Gasteiger partial charge in [0.05, 0.1) is 12.8 Å². The second-order valence-corrected chi connectivity index (χ2v) is 3.07. The topological polar surface area (TPSA) is 41.8 Å². The van der Waals surface area contributed by atoms with Crippen molar-refractivity contribution in [3.63, 3.8) is 0 Å². The van der Waals surface area contributed by atoms with Gasteiger partial charge in [-0.3, -0.25) is 0 Å². The number of oxime groups is 1. The molecule has 0 heterocycles. The average Bonchev–Trinajstić information content (AvgIpc) is 2.59. The molecule has 0 spiro atoms. The summed E-state index contributed by atoms with van der Waals surface area (Å²) < 4.78 is 5.11. The molecule has 0 atom stereocenters. The second kappa shape index (κ2) is 3.09. The summed E-state index contributed by atoms with van der Waals surface area (Å²) >= 11 is 0. The van der Waals surface area contributed by atoms with Crippen LogP contribution in [0, 0.1) is 0 Å². The summed E-state index contributed by atoms with van der Waals surface area (Å²) in [5.74, 6) is 0.859. The van der Waals surface area contributed by atoms with Crippen LogP contribution in [0.1, 0.15) is 17.5 Å². The first-order valence-electron chi connectivity index (χ1n) is 4.23. The highest BCUT2D eigenvalue weighted by atomic mass is 16.5. The summed E-state index contributed by atoms with van der Waals surface area (Å²) in [6, 6.07) is 5.82. The van der Waals surface area contributed by atoms with Crippen LogP contribution < -0.4 is 4.74 Å². The Labute approximate surface area is 76.6 Å². The van der Waals surface area contributed by atoms with Gasteiger partial charge in [0.1, 0.15) is 5.75 Å². The Balaban J connectivity index is 2.46. The van der Waals surface area contributed by atoms with Crippen LogP contribution in [0.5, 0.6) is 5.75 Å². The minimum absolute atomic E-state index is 0.776. The summed E-state index contributed by atoms with van der Waals surface area (Å²) in [6.45, 7) is 0. The highest BCUT2D eigenvalue weighted by Gasteiger charge is 2.18. The van der Waals surface area contributed by atoms with E-state index in [1.807, 2.05) is 18.2 Å². The molecule has 0 saturated carbocycles. The Hall–Kier alpha value is -1.51. The van der Waals surface area contributed by atoms with E-state index in [4.69, 9.17) is 9.94 Å². The molecule has 68 valence electrons. The molecule has 1 aliphatic carbocycles. The first kappa shape index (κ1) is 8.10. The fourth-order valence-corrected chi connectivity index (χ4v) is 1.68. The number of ether oxygens (including phenoxy) is 1. The Morgan fingerprint density at radius 3 is 2.92 bits per heavy atom. The van der Waals surface area contributed by atoms with Crippen molar-refractivity contribution < 1.29 is 9.94 Å². The number of hydrogen-bond acceptors (Lipinski definition) is 3. The van der Waals surface area contributed by atoms with E-state index in [2.05, 4.69) is 5.16 Å². The monoisotopic (exact) mass is 177 g/mol. The lowest BCUT2D eigenvalue weighted by Gasteiger charge is -2.02. The number of rotatable bonds is 1. The van der Waals surface area contributed by atoms with Crippen LogP contribution in [-0.2, 0) is 6.42 Å². The van der Waals surface area contributed by atoms with Crippen LogP contribution in [0.4, 0.5) is 0 Å². The largest absolute Gasteiger partial charge is 0.497 e. The maximum Gasteiger partial charge on any atom is 0.119 e. The van der Waals surface area contributed by atoms with Gasteiger partial charge in [-0.2, -0.15) is 0 Å². The molecule has 2 rings (SSSR count). The highest BCUT2D eigenvalue weighted by molar-refractivity contribution is 6.04. The van der Waals surface area contributed by atoms with E-state index >= 15 is 0 Å². The number of aryl methyl sites for hydroxylation is 1. The van der Waals surface area contributed by atoms with Gasteiger partial charge < -0.3 is 9.94 Å². The van der Waals surface area contributed by atoms with Crippen LogP contribution in [0.15, 0.2) is 23.4 Å². The summed E-state index contributed by atoms with van der Waals surface area (Å²) in [5, 5.41) is 12.0. The van der Waals surface area contributed by atoms with Crippen molar-refractivity contribution in [2.75, 3.05) is 7.11 Å². The first-order chi connectivity index (χ1) is 6.35. The van der Waals surface area contributed by atoms with Crippen molar-refractivity contribution in [1.29, 1.82) is 0 Å². The first-order valence-corrected chi connectivity index (χ1v) is 4.23. The fourth-order valence-electron chi connectivity index (χ4n) is 1.68. The minimum Gasteiger partial charge on any atom is -0.497 e. The summed E-state index contributed by atoms with van der Waals surface area (Å²) in [6.07, 6.45) is 1.75. The van der Waals surface area contributed by atoms with E-state index in [1.165, 1.54) is 5.56 Å². The lowest BCUT2D eigenvalue weighted by Crippen LogP contribution is -1.93. The lowest BCUT2D eigenvalue weighted by atomic mass is 10.1. The molecular weight excluding hydrogens is 166 g/mol. The van der Waals surface area contributed by atoms with Crippen molar-refractivity contribution >= 4 is 5.71 Å². The molecule has 0 fully saturated rings. The summed E-state index contributed by atoms with van der Waals surface area (Å²) in [4.78, 5) is 0. The zero-order chi connectivity index (χ0) is 9.26. The SMILES string of the molecule is COc1ccc2c(c1)CC/C2=N\O. The third kappa shape index (κ3) is 1.26. The molecule has 3 nitrogen and oxygen atoms in total. The van der Waals surface area contributed by atoms with Gasteiger partial charge in [-0.25, -0.2) is 0 Å². The van der Waals surface area contributed by atoms with Crippen LogP contribution in [0.3, 0.4) is 0 Å². The van der Waals surface area contributed by atoms with Gasteiger partial charge >= 0.3 is 0 Å². The molecule has 0 saturated heterocycles. The van der Waals surface area contributed by atoms with Gasteiger partial charge in [-0.1, -0.05) is 5.16 Å². The Bertz CT molecular complexity index is 358. The molecule has 0 aliphatic heterocycles. The molecule has 0 aromatic heterocycles. The molecule has 3 heteroatoms. The van der Waals surface area contributed by atoms with Crippen LogP contribution in [0.25, 0.3) is 0 Å². The average molecular weight is 177 g/mol. The van der Waals surface area contributed by atoms with Gasteiger partial charge in [0.2, 0.25) is 0 Å². The minimum atomic E-state index is 0.776. The number of fused-ring (bicyclic) bond motifs is 1. The normalized spacial score (nSPS) is 17.5. The third-order valence-electron chi connectivity index (χ3n) is 2.38. The van der Waals surface area contributed by atoms with E-state index in [0.29, 0.717) is 0 Å². The second-order valence-electron chi connectivity index (χ2n) is 3.07. The van der Waals surface area contributed by atoms with Gasteiger partial charge in [0.15, 0.2) is 0 Å². The zero-order valence-electron chi connectivity index (χ0n) is 7.45. The van der Waals surface area contributed by atoms with Crippen molar-refractivity contribution in [3.8, 4) is 5.75 Å². The number of methoxy groups -OCH3 is 1. The smallest absolute Gasteiger partial charge is 0.119 e. The van der Waals surface area contributed by atoms with E-state index in [-0.39, 0.29) is 0 Å². The third-order valence-corrected chi connectivity index (χ3v) is 2.38. The summed E-state index contributed by atoms with van der Waals surface area (Å²) in [7, 11) is 1.65. The van der Waals surface area contributed by atoms with E-state index in [9.17, 15) is 0 Å². The van der Waals surface area contributed by atoms with Crippen molar-refractivity contribution in [2.24, 2.45) is 5.16 Å².